The molecule has 0 unspecified atom stereocenters. The molecule has 0 aliphatic rings. The molecule has 0 saturated heterocycles. The highest BCUT2D eigenvalue weighted by Crippen LogP contribution is 2.14. The molecule has 3 heterocycles. The molecule has 9 heteroatoms. The number of methoxy groups -OCH3 is 1. The van der Waals surface area contributed by atoms with Gasteiger partial charge in [-0.05, 0) is 48.9 Å². The first-order valence-electron chi connectivity index (χ1n) is 8.70. The lowest BCUT2D eigenvalue weighted by Gasteiger charge is -2.09. The summed E-state index contributed by atoms with van der Waals surface area (Å²) in [5, 5.41) is 17.2. The predicted octanol–water partition coefficient (Wildman–Crippen LogP) is 2.17. The fraction of sp³-hybridized carbons (Fsp3) is 0.211. The number of carbonyl (C=O) groups excluding carboxylic acids is 1. The average Bonchev–Trinajstić information content (AvgIpc) is 2.72. The molecule has 28 heavy (non-hydrogen) atoms. The topological polar surface area (TPSA) is 114 Å². The van der Waals surface area contributed by atoms with Crippen molar-refractivity contribution in [1.82, 2.24) is 25.5 Å². The van der Waals surface area contributed by atoms with E-state index in [0.717, 1.165) is 5.56 Å². The van der Waals surface area contributed by atoms with E-state index in [2.05, 4.69) is 36.1 Å². The van der Waals surface area contributed by atoms with Gasteiger partial charge in [0.2, 0.25) is 5.88 Å². The Hall–Kier alpha value is -3.75. The first-order valence-corrected chi connectivity index (χ1v) is 8.70. The van der Waals surface area contributed by atoms with Crippen LogP contribution >= 0.6 is 0 Å². The molecule has 3 N–H and O–H groups in total. The van der Waals surface area contributed by atoms with Gasteiger partial charge in [0.05, 0.1) is 7.11 Å². The Morgan fingerprint density at radius 3 is 2.57 bits per heavy atom. The Morgan fingerprint density at radius 1 is 1.00 bits per heavy atom. The molecular formula is C19H21N7O2. The monoisotopic (exact) mass is 379 g/mol. The smallest absolute Gasteiger partial charge is 0.256 e. The highest BCUT2D eigenvalue weighted by molar-refractivity contribution is 5.96. The fourth-order valence-electron chi connectivity index (χ4n) is 2.42. The minimum atomic E-state index is -0.247. The second-order valence-corrected chi connectivity index (χ2v) is 5.89. The summed E-state index contributed by atoms with van der Waals surface area (Å²) in [7, 11) is 1.48. The van der Waals surface area contributed by atoms with Crippen molar-refractivity contribution in [2.45, 2.75) is 6.92 Å². The van der Waals surface area contributed by atoms with Crippen molar-refractivity contribution in [1.29, 1.82) is 0 Å². The normalized spacial score (nSPS) is 10.2. The lowest BCUT2D eigenvalue weighted by molar-refractivity contribution is 0.0951. The van der Waals surface area contributed by atoms with Crippen LogP contribution in [-0.2, 0) is 0 Å². The summed E-state index contributed by atoms with van der Waals surface area (Å²) in [4.78, 5) is 20.4. The lowest BCUT2D eigenvalue weighted by Crippen LogP contribution is -2.29. The van der Waals surface area contributed by atoms with Crippen LogP contribution in [0.1, 0.15) is 15.9 Å². The van der Waals surface area contributed by atoms with E-state index in [1.807, 2.05) is 19.1 Å². The zero-order valence-electron chi connectivity index (χ0n) is 15.6. The van der Waals surface area contributed by atoms with E-state index < -0.39 is 0 Å². The third-order valence-electron chi connectivity index (χ3n) is 3.76. The Bertz CT molecular complexity index is 932. The second-order valence-electron chi connectivity index (χ2n) is 5.89. The third kappa shape index (κ3) is 5.13. The molecule has 0 aliphatic carbocycles. The molecule has 0 atom stereocenters. The van der Waals surface area contributed by atoms with Crippen molar-refractivity contribution in [2.75, 3.05) is 30.8 Å². The van der Waals surface area contributed by atoms with E-state index in [4.69, 9.17) is 4.74 Å². The minimum Gasteiger partial charge on any atom is -0.480 e. The highest BCUT2D eigenvalue weighted by atomic mass is 16.5. The number of ether oxygens (including phenoxy) is 1. The molecule has 144 valence electrons. The number of hydrogen-bond donors (Lipinski definition) is 3. The van der Waals surface area contributed by atoms with Crippen LogP contribution in [0.3, 0.4) is 0 Å². The number of amides is 1. The summed E-state index contributed by atoms with van der Waals surface area (Å²) in [5.41, 5.74) is 1.50. The molecule has 1 amide bonds. The van der Waals surface area contributed by atoms with Crippen LogP contribution in [0.5, 0.6) is 5.88 Å². The Morgan fingerprint density at radius 2 is 1.82 bits per heavy atom. The summed E-state index contributed by atoms with van der Waals surface area (Å²) in [6.45, 7) is 2.90. The number of carbonyl (C=O) groups is 1. The van der Waals surface area contributed by atoms with Crippen molar-refractivity contribution in [3.63, 3.8) is 0 Å². The SMILES string of the molecule is COc1ncccc1C(=O)NCCNc1ccc(Nc2cc(C)ccn2)nn1. The van der Waals surface area contributed by atoms with Crippen LogP contribution < -0.4 is 20.7 Å². The molecule has 9 nitrogen and oxygen atoms in total. The summed E-state index contributed by atoms with van der Waals surface area (Å²) in [5.74, 6) is 1.97. The maximum atomic E-state index is 12.2. The Kier molecular flexibility index (Phi) is 6.29. The minimum absolute atomic E-state index is 0.247. The molecular weight excluding hydrogens is 358 g/mol. The van der Waals surface area contributed by atoms with Gasteiger partial charge in [0, 0.05) is 25.5 Å². The Labute approximate surface area is 162 Å². The molecule has 0 spiro atoms. The van der Waals surface area contributed by atoms with Crippen molar-refractivity contribution < 1.29 is 9.53 Å². The molecule has 3 aromatic heterocycles. The van der Waals surface area contributed by atoms with Crippen molar-refractivity contribution in [3.05, 3.63) is 59.9 Å². The molecule has 0 saturated carbocycles. The largest absolute Gasteiger partial charge is 0.480 e. The quantitative estimate of drug-likeness (QED) is 0.510. The van der Waals surface area contributed by atoms with Crippen LogP contribution in [0.2, 0.25) is 0 Å². The average molecular weight is 379 g/mol. The van der Waals surface area contributed by atoms with Gasteiger partial charge in [-0.15, -0.1) is 10.2 Å². The van der Waals surface area contributed by atoms with Crippen molar-refractivity contribution >= 4 is 23.4 Å². The number of rotatable bonds is 8. The molecule has 3 rings (SSSR count). The van der Waals surface area contributed by atoms with Crippen molar-refractivity contribution in [2.24, 2.45) is 0 Å². The van der Waals surface area contributed by atoms with E-state index >= 15 is 0 Å². The molecule has 0 aromatic carbocycles. The second kappa shape index (κ2) is 9.26. The predicted molar refractivity (Wildman–Crippen MR) is 106 cm³/mol. The van der Waals surface area contributed by atoms with Gasteiger partial charge >= 0.3 is 0 Å². The standard InChI is InChI=1S/C19H21N7O2/c1-13-7-9-20-17(12-13)24-16-6-5-15(25-26-16)21-10-11-22-18(27)14-4-3-8-23-19(14)28-2/h3-9,12H,10-11H2,1-2H3,(H,21,25)(H,22,27)(H,20,24,26). The van der Waals surface area contributed by atoms with E-state index in [-0.39, 0.29) is 5.91 Å². The highest BCUT2D eigenvalue weighted by Gasteiger charge is 2.11. The van der Waals surface area contributed by atoms with Gasteiger partial charge in [0.1, 0.15) is 17.2 Å². The van der Waals surface area contributed by atoms with Gasteiger partial charge in [0.15, 0.2) is 5.82 Å². The number of nitrogens with zero attached hydrogens (tertiary/aromatic N) is 4. The maximum Gasteiger partial charge on any atom is 0.256 e. The first-order chi connectivity index (χ1) is 13.7. The van der Waals surface area contributed by atoms with E-state index in [1.165, 1.54) is 7.11 Å². The van der Waals surface area contributed by atoms with Gasteiger partial charge in [-0.2, -0.15) is 0 Å². The molecule has 0 aliphatic heterocycles. The van der Waals surface area contributed by atoms with Crippen LogP contribution in [0, 0.1) is 6.92 Å². The van der Waals surface area contributed by atoms with E-state index in [0.29, 0.717) is 42.0 Å². The summed E-state index contributed by atoms with van der Waals surface area (Å²) < 4.78 is 5.09. The zero-order chi connectivity index (χ0) is 19.8. The van der Waals surface area contributed by atoms with E-state index in [9.17, 15) is 4.79 Å². The van der Waals surface area contributed by atoms with E-state index in [1.54, 1.807) is 36.7 Å². The molecule has 0 radical (unpaired) electrons. The van der Waals surface area contributed by atoms with Gasteiger partial charge in [0.25, 0.3) is 5.91 Å². The number of anilines is 3. The molecule has 3 aromatic rings. The van der Waals surface area contributed by atoms with Gasteiger partial charge in [-0.25, -0.2) is 9.97 Å². The number of hydrogen-bond acceptors (Lipinski definition) is 8. The maximum absolute atomic E-state index is 12.2. The van der Waals surface area contributed by atoms with Crippen LogP contribution in [0.25, 0.3) is 0 Å². The molecule has 0 bridgehead atoms. The zero-order valence-corrected chi connectivity index (χ0v) is 15.6. The molecule has 0 fully saturated rings. The van der Waals surface area contributed by atoms with Crippen molar-refractivity contribution in [3.8, 4) is 5.88 Å². The van der Waals surface area contributed by atoms with Gasteiger partial charge in [-0.1, -0.05) is 0 Å². The third-order valence-corrected chi connectivity index (χ3v) is 3.76. The number of aromatic nitrogens is 4. The Balaban J connectivity index is 1.45. The van der Waals surface area contributed by atoms with Crippen LogP contribution in [0.4, 0.5) is 17.5 Å². The number of pyridine rings is 2. The number of aryl methyl sites for hydroxylation is 1. The lowest BCUT2D eigenvalue weighted by atomic mass is 10.2. The summed E-state index contributed by atoms with van der Waals surface area (Å²) in [6.07, 6.45) is 3.31. The summed E-state index contributed by atoms with van der Waals surface area (Å²) in [6, 6.07) is 10.8. The first kappa shape index (κ1) is 19.0. The van der Waals surface area contributed by atoms with Gasteiger partial charge in [-0.3, -0.25) is 4.79 Å². The summed E-state index contributed by atoms with van der Waals surface area (Å²) >= 11 is 0. The number of nitrogens with one attached hydrogen (secondary N) is 3. The van der Waals surface area contributed by atoms with Crippen LogP contribution in [-0.4, -0.2) is 46.3 Å². The van der Waals surface area contributed by atoms with Gasteiger partial charge < -0.3 is 20.7 Å². The van der Waals surface area contributed by atoms with Crippen LogP contribution in [0.15, 0.2) is 48.8 Å². The fourth-order valence-corrected chi connectivity index (χ4v) is 2.42.